The number of H-pyrrole nitrogens is 1. The zero-order valence-corrected chi connectivity index (χ0v) is 19.3. The summed E-state index contributed by atoms with van der Waals surface area (Å²) in [6.07, 6.45) is 1.43. The highest BCUT2D eigenvalue weighted by atomic mass is 35.5. The van der Waals surface area contributed by atoms with Gasteiger partial charge in [-0.15, -0.1) is 0 Å². The molecule has 8 nitrogen and oxygen atoms in total. The molecule has 1 amide bonds. The third kappa shape index (κ3) is 4.49. The summed E-state index contributed by atoms with van der Waals surface area (Å²) in [7, 11) is 1.63. The highest BCUT2D eigenvalue weighted by Crippen LogP contribution is 2.25. The quantitative estimate of drug-likeness (QED) is 0.335. The van der Waals surface area contributed by atoms with E-state index in [4.69, 9.17) is 21.3 Å². The van der Waals surface area contributed by atoms with Crippen LogP contribution in [0.5, 0.6) is 5.75 Å². The molecule has 0 bridgehead atoms. The van der Waals surface area contributed by atoms with Crippen molar-refractivity contribution in [3.05, 3.63) is 88.7 Å². The Balaban J connectivity index is 1.51. The van der Waals surface area contributed by atoms with E-state index in [0.717, 1.165) is 33.6 Å². The number of methoxy groups -OCH3 is 1. The molecule has 5 rings (SSSR count). The SMILES string of the molecule is COc1ccc(Cn2nc(NC(=O)c3ccc(Cl)nc3)cc2-c2nc3cc(C)ccc3[nH]2)cc1. The molecule has 0 saturated heterocycles. The molecule has 2 aromatic carbocycles. The standard InChI is InChI=1S/C25H21ClN6O2/c1-15-3-9-19-20(11-15)29-24(28-19)21-12-23(30-25(33)17-6-10-22(26)27-13-17)31-32(21)14-16-4-7-18(34-2)8-5-16/h3-13H,14H2,1-2H3,(H,28,29)(H,30,31,33). The van der Waals surface area contributed by atoms with Gasteiger partial charge in [0.25, 0.3) is 5.91 Å². The maximum absolute atomic E-state index is 12.7. The summed E-state index contributed by atoms with van der Waals surface area (Å²) >= 11 is 5.83. The van der Waals surface area contributed by atoms with Gasteiger partial charge in [0.1, 0.15) is 16.6 Å². The van der Waals surface area contributed by atoms with Crippen LogP contribution < -0.4 is 10.1 Å². The van der Waals surface area contributed by atoms with Crippen LogP contribution in [0.4, 0.5) is 5.82 Å². The number of benzene rings is 2. The Morgan fingerprint density at radius 3 is 2.68 bits per heavy atom. The second-order valence-corrected chi connectivity index (χ2v) is 8.24. The Kier molecular flexibility index (Phi) is 5.73. The lowest BCUT2D eigenvalue weighted by atomic mass is 10.2. The van der Waals surface area contributed by atoms with Gasteiger partial charge in [0.15, 0.2) is 11.6 Å². The zero-order chi connectivity index (χ0) is 23.7. The lowest BCUT2D eigenvalue weighted by Gasteiger charge is -2.07. The molecule has 170 valence electrons. The van der Waals surface area contributed by atoms with Crippen LogP contribution in [0.1, 0.15) is 21.5 Å². The average molecular weight is 473 g/mol. The van der Waals surface area contributed by atoms with Crippen molar-refractivity contribution in [2.24, 2.45) is 0 Å². The Labute approximate surface area is 200 Å². The number of fused-ring (bicyclic) bond motifs is 1. The summed E-state index contributed by atoms with van der Waals surface area (Å²) in [5.41, 5.74) is 5.07. The molecule has 0 fully saturated rings. The number of hydrogen-bond acceptors (Lipinski definition) is 5. The summed E-state index contributed by atoms with van der Waals surface area (Å²) in [6, 6.07) is 18.8. The first-order valence-corrected chi connectivity index (χ1v) is 11.0. The van der Waals surface area contributed by atoms with Crippen LogP contribution >= 0.6 is 11.6 Å². The topological polar surface area (TPSA) is 97.7 Å². The number of nitrogens with zero attached hydrogens (tertiary/aromatic N) is 4. The van der Waals surface area contributed by atoms with Crippen LogP contribution in [-0.4, -0.2) is 37.7 Å². The lowest BCUT2D eigenvalue weighted by Crippen LogP contribution is -2.13. The summed E-state index contributed by atoms with van der Waals surface area (Å²) in [6.45, 7) is 2.51. The normalized spacial score (nSPS) is 11.0. The number of carbonyl (C=O) groups is 1. The number of pyridine rings is 1. The molecule has 0 aliphatic carbocycles. The van der Waals surface area contributed by atoms with Crippen molar-refractivity contribution in [1.29, 1.82) is 0 Å². The molecule has 9 heteroatoms. The number of aromatic nitrogens is 5. The second-order valence-electron chi connectivity index (χ2n) is 7.85. The fraction of sp³-hybridized carbons (Fsp3) is 0.120. The number of anilines is 1. The van der Waals surface area contributed by atoms with Gasteiger partial charge in [-0.1, -0.05) is 29.8 Å². The Morgan fingerprint density at radius 1 is 1.12 bits per heavy atom. The van der Waals surface area contributed by atoms with E-state index in [1.165, 1.54) is 6.20 Å². The fourth-order valence-electron chi connectivity index (χ4n) is 3.63. The molecule has 0 atom stereocenters. The van der Waals surface area contributed by atoms with Gasteiger partial charge < -0.3 is 15.0 Å². The number of halogens is 1. The van der Waals surface area contributed by atoms with E-state index in [1.807, 2.05) is 54.1 Å². The van der Waals surface area contributed by atoms with Crippen LogP contribution in [-0.2, 0) is 6.54 Å². The van der Waals surface area contributed by atoms with Crippen LogP contribution in [0.3, 0.4) is 0 Å². The van der Waals surface area contributed by atoms with Crippen LogP contribution in [0, 0.1) is 6.92 Å². The first kappa shape index (κ1) is 21.7. The van der Waals surface area contributed by atoms with Crippen molar-refractivity contribution < 1.29 is 9.53 Å². The number of rotatable bonds is 6. The van der Waals surface area contributed by atoms with Crippen molar-refractivity contribution >= 4 is 34.4 Å². The number of carbonyl (C=O) groups excluding carboxylic acids is 1. The van der Waals surface area contributed by atoms with Gasteiger partial charge in [-0.05, 0) is 54.4 Å². The van der Waals surface area contributed by atoms with E-state index in [-0.39, 0.29) is 5.91 Å². The van der Waals surface area contributed by atoms with E-state index in [9.17, 15) is 4.79 Å². The molecule has 0 radical (unpaired) electrons. The van der Waals surface area contributed by atoms with Crippen LogP contribution in [0.15, 0.2) is 66.9 Å². The summed E-state index contributed by atoms with van der Waals surface area (Å²) in [5, 5.41) is 7.80. The number of aryl methyl sites for hydroxylation is 1. The van der Waals surface area contributed by atoms with Gasteiger partial charge in [-0.2, -0.15) is 5.10 Å². The third-order valence-electron chi connectivity index (χ3n) is 5.38. The molecule has 34 heavy (non-hydrogen) atoms. The van der Waals surface area contributed by atoms with E-state index in [0.29, 0.717) is 28.9 Å². The second kappa shape index (κ2) is 8.99. The van der Waals surface area contributed by atoms with Gasteiger partial charge in [0.2, 0.25) is 0 Å². The van der Waals surface area contributed by atoms with Gasteiger partial charge in [-0.25, -0.2) is 9.97 Å². The average Bonchev–Trinajstić information content (AvgIpc) is 3.43. The molecule has 3 heterocycles. The van der Waals surface area contributed by atoms with Crippen LogP contribution in [0.2, 0.25) is 5.15 Å². The zero-order valence-electron chi connectivity index (χ0n) is 18.5. The lowest BCUT2D eigenvalue weighted by molar-refractivity contribution is 0.102. The largest absolute Gasteiger partial charge is 0.497 e. The number of ether oxygens (including phenoxy) is 1. The number of nitrogens with one attached hydrogen (secondary N) is 2. The molecular formula is C25H21ClN6O2. The molecule has 5 aromatic rings. The van der Waals surface area contributed by atoms with E-state index in [2.05, 4.69) is 20.4 Å². The van der Waals surface area contributed by atoms with E-state index < -0.39 is 0 Å². The number of aromatic amines is 1. The van der Waals surface area contributed by atoms with Crippen molar-refractivity contribution in [2.45, 2.75) is 13.5 Å². The molecule has 0 aliphatic heterocycles. The van der Waals surface area contributed by atoms with Crippen molar-refractivity contribution in [1.82, 2.24) is 24.7 Å². The minimum Gasteiger partial charge on any atom is -0.497 e. The summed E-state index contributed by atoms with van der Waals surface area (Å²) in [5.74, 6) is 1.52. The molecule has 3 aromatic heterocycles. The van der Waals surface area contributed by atoms with Crippen molar-refractivity contribution in [2.75, 3.05) is 12.4 Å². The van der Waals surface area contributed by atoms with Gasteiger partial charge in [0.05, 0.1) is 30.3 Å². The van der Waals surface area contributed by atoms with Crippen LogP contribution in [0.25, 0.3) is 22.6 Å². The molecular weight excluding hydrogens is 452 g/mol. The highest BCUT2D eigenvalue weighted by molar-refractivity contribution is 6.29. The maximum Gasteiger partial charge on any atom is 0.258 e. The van der Waals surface area contributed by atoms with Gasteiger partial charge >= 0.3 is 0 Å². The molecule has 0 saturated carbocycles. The maximum atomic E-state index is 12.7. The number of hydrogen-bond donors (Lipinski definition) is 2. The smallest absolute Gasteiger partial charge is 0.258 e. The first-order chi connectivity index (χ1) is 16.5. The Morgan fingerprint density at radius 2 is 1.94 bits per heavy atom. The number of imidazole rings is 1. The predicted molar refractivity (Wildman–Crippen MR) is 131 cm³/mol. The monoisotopic (exact) mass is 472 g/mol. The Bertz CT molecular complexity index is 1470. The fourth-order valence-corrected chi connectivity index (χ4v) is 3.74. The number of amides is 1. The van der Waals surface area contributed by atoms with E-state index in [1.54, 1.807) is 25.3 Å². The molecule has 2 N–H and O–H groups in total. The van der Waals surface area contributed by atoms with Crippen molar-refractivity contribution in [3.63, 3.8) is 0 Å². The van der Waals surface area contributed by atoms with Gasteiger partial charge in [0, 0.05) is 12.3 Å². The summed E-state index contributed by atoms with van der Waals surface area (Å²) < 4.78 is 7.06. The minimum absolute atomic E-state index is 0.322. The van der Waals surface area contributed by atoms with E-state index >= 15 is 0 Å². The third-order valence-corrected chi connectivity index (χ3v) is 5.61. The minimum atomic E-state index is -0.329. The van der Waals surface area contributed by atoms with Crippen molar-refractivity contribution in [3.8, 4) is 17.3 Å². The molecule has 0 spiro atoms. The summed E-state index contributed by atoms with van der Waals surface area (Å²) in [4.78, 5) is 24.8. The molecule has 0 unspecified atom stereocenters. The highest BCUT2D eigenvalue weighted by Gasteiger charge is 2.17. The predicted octanol–water partition coefficient (Wildman–Crippen LogP) is 5.09. The molecule has 0 aliphatic rings. The van der Waals surface area contributed by atoms with Gasteiger partial charge in [-0.3, -0.25) is 9.48 Å². The first-order valence-electron chi connectivity index (χ1n) is 10.6. The Hall–Kier alpha value is -4.17.